The second-order valence-corrected chi connectivity index (χ2v) is 6.47. The second-order valence-electron chi connectivity index (χ2n) is 5.84. The number of nitrogens with two attached hydrogens (primary N) is 2. The van der Waals surface area contributed by atoms with E-state index >= 15 is 0 Å². The van der Waals surface area contributed by atoms with Crippen molar-refractivity contribution in [1.29, 1.82) is 0 Å². The maximum Gasteiger partial charge on any atom is 0.220 e. The second kappa shape index (κ2) is 4.95. The monoisotopic (exact) mass is 314 g/mol. The highest BCUT2D eigenvalue weighted by molar-refractivity contribution is 7.04. The van der Waals surface area contributed by atoms with Gasteiger partial charge in [0.05, 0.1) is 11.2 Å². The summed E-state index contributed by atoms with van der Waals surface area (Å²) in [5.74, 6) is 0.708. The zero-order valence-corrected chi connectivity index (χ0v) is 13.0. The van der Waals surface area contributed by atoms with Gasteiger partial charge in [0.25, 0.3) is 0 Å². The lowest BCUT2D eigenvalue weighted by molar-refractivity contribution is 0.306. The molecular weight excluding hydrogens is 296 g/mol. The number of aliphatic imine (C=N–C) groups is 2. The molecule has 1 saturated carbocycles. The van der Waals surface area contributed by atoms with E-state index < -0.39 is 5.66 Å². The Balaban J connectivity index is 1.91. The van der Waals surface area contributed by atoms with Crippen molar-refractivity contribution >= 4 is 40.0 Å². The van der Waals surface area contributed by atoms with Crippen LogP contribution >= 0.6 is 11.5 Å². The molecule has 0 bridgehead atoms. The highest BCUT2D eigenvalue weighted by atomic mass is 32.1. The number of hydrogen-bond acceptors (Lipinski definition) is 7. The molecule has 1 aromatic carbocycles. The van der Waals surface area contributed by atoms with Crippen LogP contribution in [0.3, 0.4) is 0 Å². The van der Waals surface area contributed by atoms with E-state index in [-0.39, 0.29) is 5.96 Å². The number of benzene rings is 1. The lowest BCUT2D eigenvalue weighted by Crippen LogP contribution is -2.58. The Morgan fingerprint density at radius 2 is 1.95 bits per heavy atom. The summed E-state index contributed by atoms with van der Waals surface area (Å²) in [6, 6.07) is 6.08. The zero-order valence-electron chi connectivity index (χ0n) is 12.2. The predicted molar refractivity (Wildman–Crippen MR) is 91.2 cm³/mol. The molecule has 22 heavy (non-hydrogen) atoms. The molecule has 2 aliphatic rings. The van der Waals surface area contributed by atoms with Gasteiger partial charge in [0.1, 0.15) is 5.66 Å². The summed E-state index contributed by atoms with van der Waals surface area (Å²) in [7, 11) is 0. The summed E-state index contributed by atoms with van der Waals surface area (Å²) < 4.78 is 4.42. The van der Waals surface area contributed by atoms with Gasteiger partial charge in [-0.3, -0.25) is 4.90 Å². The van der Waals surface area contributed by atoms with Gasteiger partial charge >= 0.3 is 0 Å². The number of anilines is 1. The summed E-state index contributed by atoms with van der Waals surface area (Å²) in [6.07, 6.45) is 5.36. The van der Waals surface area contributed by atoms with Crippen LogP contribution in [0.1, 0.15) is 32.1 Å². The van der Waals surface area contributed by atoms with Crippen molar-refractivity contribution < 1.29 is 0 Å². The first-order chi connectivity index (χ1) is 10.7. The fourth-order valence-corrected chi connectivity index (χ4v) is 4.21. The Hall–Kier alpha value is -2.15. The molecule has 6 nitrogen and oxygen atoms in total. The molecule has 0 atom stereocenters. The number of nitrogens with zero attached hydrogens (tertiary/aromatic N) is 4. The maximum absolute atomic E-state index is 6.26. The summed E-state index contributed by atoms with van der Waals surface area (Å²) in [5.41, 5.74) is 13.8. The van der Waals surface area contributed by atoms with Crippen LogP contribution in [0.2, 0.25) is 0 Å². The Morgan fingerprint density at radius 3 is 2.77 bits per heavy atom. The number of rotatable bonds is 1. The topological polar surface area (TPSA) is 92.9 Å². The van der Waals surface area contributed by atoms with Crippen molar-refractivity contribution in [1.82, 2.24) is 4.37 Å². The molecule has 0 amide bonds. The standard InChI is InChI=1S/C15H18N6S/c16-13-18-14(17)21(15(19-13)7-2-1-3-8-15)12-6-4-5-11-10(12)9-22-20-11/h4-6,9H,1-3,7-8H2,(H4,16,17,18,19). The van der Waals surface area contributed by atoms with Crippen LogP contribution in [0, 0.1) is 0 Å². The summed E-state index contributed by atoms with van der Waals surface area (Å²) >= 11 is 1.45. The molecule has 0 unspecified atom stereocenters. The lowest BCUT2D eigenvalue weighted by Gasteiger charge is -2.45. The van der Waals surface area contributed by atoms with Crippen molar-refractivity contribution in [2.45, 2.75) is 37.8 Å². The molecule has 4 rings (SSSR count). The normalized spacial score (nSPS) is 21.0. The first kappa shape index (κ1) is 13.5. The zero-order chi connectivity index (χ0) is 15.2. The third-order valence-electron chi connectivity index (χ3n) is 4.47. The van der Waals surface area contributed by atoms with Crippen molar-refractivity contribution in [3.63, 3.8) is 0 Å². The van der Waals surface area contributed by atoms with Gasteiger partial charge in [0, 0.05) is 10.8 Å². The molecule has 114 valence electrons. The van der Waals surface area contributed by atoms with Gasteiger partial charge in [-0.25, -0.2) is 4.99 Å². The van der Waals surface area contributed by atoms with Gasteiger partial charge < -0.3 is 11.5 Å². The van der Waals surface area contributed by atoms with Crippen molar-refractivity contribution in [3.8, 4) is 0 Å². The van der Waals surface area contributed by atoms with E-state index in [0.717, 1.165) is 42.3 Å². The third kappa shape index (κ3) is 1.96. The average molecular weight is 314 g/mol. The Kier molecular flexibility index (Phi) is 3.04. The molecule has 0 saturated heterocycles. The number of fused-ring (bicyclic) bond motifs is 1. The number of aromatic nitrogens is 1. The smallest absolute Gasteiger partial charge is 0.220 e. The maximum atomic E-state index is 6.26. The molecule has 2 heterocycles. The number of guanidine groups is 2. The van der Waals surface area contributed by atoms with Gasteiger partial charge in [-0.15, -0.1) is 0 Å². The minimum absolute atomic E-state index is 0.284. The molecule has 0 radical (unpaired) electrons. The molecule has 1 aliphatic heterocycles. The molecule has 1 fully saturated rings. The van der Waals surface area contributed by atoms with Gasteiger partial charge in [0.2, 0.25) is 11.9 Å². The Bertz CT molecular complexity index is 771. The van der Waals surface area contributed by atoms with Crippen LogP contribution in [0.5, 0.6) is 0 Å². The van der Waals surface area contributed by atoms with E-state index in [0.29, 0.717) is 5.96 Å². The van der Waals surface area contributed by atoms with E-state index in [1.807, 2.05) is 12.1 Å². The Morgan fingerprint density at radius 1 is 1.14 bits per heavy atom. The fraction of sp³-hybridized carbons (Fsp3) is 0.400. The number of hydrogen-bond donors (Lipinski definition) is 2. The van der Waals surface area contributed by atoms with E-state index in [4.69, 9.17) is 16.5 Å². The summed E-state index contributed by atoms with van der Waals surface area (Å²) in [6.45, 7) is 0. The van der Waals surface area contributed by atoms with E-state index in [2.05, 4.69) is 25.7 Å². The molecule has 7 heteroatoms. The quantitative estimate of drug-likeness (QED) is 0.845. The van der Waals surface area contributed by atoms with Crippen molar-refractivity contribution in [3.05, 3.63) is 23.6 Å². The van der Waals surface area contributed by atoms with Gasteiger partial charge in [0.15, 0.2) is 0 Å². The molecule has 2 aromatic rings. The van der Waals surface area contributed by atoms with E-state index in [9.17, 15) is 0 Å². The van der Waals surface area contributed by atoms with Gasteiger partial charge in [-0.1, -0.05) is 12.5 Å². The van der Waals surface area contributed by atoms with Crippen LogP contribution in [0.25, 0.3) is 10.9 Å². The first-order valence-corrected chi connectivity index (χ1v) is 8.36. The SMILES string of the molecule is NC1=NC2(CCCCC2)N(c2cccc3nscc23)C(N)=N1. The highest BCUT2D eigenvalue weighted by Crippen LogP contribution is 2.41. The van der Waals surface area contributed by atoms with Crippen LogP contribution < -0.4 is 16.4 Å². The fourth-order valence-electron chi connectivity index (χ4n) is 3.54. The first-order valence-electron chi connectivity index (χ1n) is 7.52. The summed E-state index contributed by atoms with van der Waals surface area (Å²) in [4.78, 5) is 11.0. The minimum atomic E-state index is -0.398. The third-order valence-corrected chi connectivity index (χ3v) is 5.12. The molecule has 4 N–H and O–H groups in total. The van der Waals surface area contributed by atoms with Crippen LogP contribution in [0.15, 0.2) is 33.6 Å². The predicted octanol–water partition coefficient (Wildman–Crippen LogP) is 2.41. The highest BCUT2D eigenvalue weighted by Gasteiger charge is 2.43. The van der Waals surface area contributed by atoms with Gasteiger partial charge in [-0.05, 0) is 49.3 Å². The molecule has 1 spiro atoms. The molecule has 1 aliphatic carbocycles. The van der Waals surface area contributed by atoms with Crippen molar-refractivity contribution in [2.24, 2.45) is 21.5 Å². The molecule has 1 aromatic heterocycles. The largest absolute Gasteiger partial charge is 0.369 e. The van der Waals surface area contributed by atoms with Crippen molar-refractivity contribution in [2.75, 3.05) is 4.90 Å². The van der Waals surface area contributed by atoms with Gasteiger partial charge in [-0.2, -0.15) is 9.37 Å². The van der Waals surface area contributed by atoms with Crippen LogP contribution in [-0.4, -0.2) is 22.0 Å². The van der Waals surface area contributed by atoms with E-state index in [1.165, 1.54) is 18.0 Å². The molecular formula is C15H18N6S. The average Bonchev–Trinajstić information content (AvgIpc) is 2.96. The van der Waals surface area contributed by atoms with Crippen LogP contribution in [-0.2, 0) is 0 Å². The Labute approximate surface area is 132 Å². The lowest BCUT2D eigenvalue weighted by atomic mass is 9.87. The summed E-state index contributed by atoms with van der Waals surface area (Å²) in [5, 5.41) is 3.14. The van der Waals surface area contributed by atoms with E-state index in [1.54, 1.807) is 0 Å². The minimum Gasteiger partial charge on any atom is -0.369 e. The van der Waals surface area contributed by atoms with Crippen LogP contribution in [0.4, 0.5) is 5.69 Å².